The van der Waals surface area contributed by atoms with Crippen LogP contribution in [-0.2, 0) is 11.3 Å². The second kappa shape index (κ2) is 7.22. The minimum atomic E-state index is -0.436. The summed E-state index contributed by atoms with van der Waals surface area (Å²) < 4.78 is 6.56. The van der Waals surface area contributed by atoms with E-state index in [0.29, 0.717) is 12.6 Å². The van der Waals surface area contributed by atoms with Gasteiger partial charge in [-0.2, -0.15) is 0 Å². The van der Waals surface area contributed by atoms with E-state index in [2.05, 4.69) is 47.2 Å². The summed E-state index contributed by atoms with van der Waals surface area (Å²) in [6.45, 7) is 12.3. The molecule has 128 valence electrons. The Morgan fingerprint density at radius 1 is 1.35 bits per heavy atom. The number of aryl methyl sites for hydroxylation is 2. The molecule has 1 amide bonds. The zero-order chi connectivity index (χ0) is 17.2. The van der Waals surface area contributed by atoms with Crippen molar-refractivity contribution in [1.82, 2.24) is 10.2 Å². The van der Waals surface area contributed by atoms with Crippen molar-refractivity contribution >= 4 is 22.0 Å². The summed E-state index contributed by atoms with van der Waals surface area (Å²) in [6.07, 6.45) is 0.756. The summed E-state index contributed by atoms with van der Waals surface area (Å²) in [5.41, 5.74) is 3.47. The molecule has 1 N–H and O–H groups in total. The first-order chi connectivity index (χ1) is 10.7. The Hall–Kier alpha value is -1.07. The summed E-state index contributed by atoms with van der Waals surface area (Å²) in [7, 11) is 0. The van der Waals surface area contributed by atoms with Crippen LogP contribution in [-0.4, -0.2) is 35.7 Å². The van der Waals surface area contributed by atoms with Crippen LogP contribution in [0.3, 0.4) is 0 Å². The predicted octanol–water partition coefficient (Wildman–Crippen LogP) is 4.16. The van der Waals surface area contributed by atoms with Crippen molar-refractivity contribution in [3.8, 4) is 0 Å². The van der Waals surface area contributed by atoms with Gasteiger partial charge in [0.25, 0.3) is 0 Å². The Morgan fingerprint density at radius 2 is 1.96 bits per heavy atom. The molecule has 0 aromatic heterocycles. The van der Waals surface area contributed by atoms with Crippen LogP contribution < -0.4 is 5.32 Å². The molecular formula is C18H27BrN2O2. The van der Waals surface area contributed by atoms with E-state index in [1.165, 1.54) is 16.7 Å². The Labute approximate surface area is 147 Å². The molecule has 1 saturated heterocycles. The fourth-order valence-electron chi connectivity index (χ4n) is 2.88. The van der Waals surface area contributed by atoms with Gasteiger partial charge in [-0.15, -0.1) is 0 Å². The van der Waals surface area contributed by atoms with Crippen LogP contribution in [0.4, 0.5) is 4.79 Å². The predicted molar refractivity (Wildman–Crippen MR) is 96.7 cm³/mol. The molecule has 4 nitrogen and oxygen atoms in total. The number of nitrogens with zero attached hydrogens (tertiary/aromatic N) is 1. The van der Waals surface area contributed by atoms with Gasteiger partial charge in [0.2, 0.25) is 0 Å². The smallest absolute Gasteiger partial charge is 0.410 e. The quantitative estimate of drug-likeness (QED) is 0.852. The number of ether oxygens (including phenoxy) is 1. The van der Waals surface area contributed by atoms with E-state index in [4.69, 9.17) is 4.74 Å². The van der Waals surface area contributed by atoms with Crippen LogP contribution in [0.5, 0.6) is 0 Å². The zero-order valence-electron chi connectivity index (χ0n) is 14.7. The van der Waals surface area contributed by atoms with Gasteiger partial charge in [0, 0.05) is 30.1 Å². The van der Waals surface area contributed by atoms with Crippen molar-refractivity contribution in [2.45, 2.75) is 59.2 Å². The minimum Gasteiger partial charge on any atom is -0.444 e. The van der Waals surface area contributed by atoms with E-state index in [1.807, 2.05) is 20.8 Å². The first-order valence-corrected chi connectivity index (χ1v) is 8.92. The molecule has 23 heavy (non-hydrogen) atoms. The summed E-state index contributed by atoms with van der Waals surface area (Å²) in [6, 6.07) is 4.61. The Bertz CT molecular complexity index is 558. The maximum atomic E-state index is 12.1. The lowest BCUT2D eigenvalue weighted by Crippen LogP contribution is -2.38. The third-order valence-electron chi connectivity index (χ3n) is 4.07. The number of carbonyl (C=O) groups is 1. The molecule has 1 aliphatic heterocycles. The van der Waals surface area contributed by atoms with Gasteiger partial charge in [0.05, 0.1) is 0 Å². The number of amides is 1. The van der Waals surface area contributed by atoms with E-state index in [-0.39, 0.29) is 6.09 Å². The lowest BCUT2D eigenvalue weighted by atomic mass is 10.0. The zero-order valence-corrected chi connectivity index (χ0v) is 16.3. The number of carbonyl (C=O) groups excluding carboxylic acids is 1. The largest absolute Gasteiger partial charge is 0.444 e. The first kappa shape index (κ1) is 18.3. The Kier molecular flexibility index (Phi) is 5.74. The lowest BCUT2D eigenvalue weighted by molar-refractivity contribution is 0.0291. The van der Waals surface area contributed by atoms with E-state index in [0.717, 1.165) is 24.0 Å². The van der Waals surface area contributed by atoms with Gasteiger partial charge >= 0.3 is 6.09 Å². The van der Waals surface area contributed by atoms with Gasteiger partial charge in [0.1, 0.15) is 5.60 Å². The van der Waals surface area contributed by atoms with Crippen LogP contribution in [0.2, 0.25) is 0 Å². The highest BCUT2D eigenvalue weighted by molar-refractivity contribution is 9.10. The van der Waals surface area contributed by atoms with Crippen molar-refractivity contribution < 1.29 is 9.53 Å². The monoisotopic (exact) mass is 382 g/mol. The van der Waals surface area contributed by atoms with Crippen molar-refractivity contribution in [3.05, 3.63) is 33.3 Å². The molecule has 1 aromatic rings. The minimum absolute atomic E-state index is 0.210. The summed E-state index contributed by atoms with van der Waals surface area (Å²) in [5, 5.41) is 3.58. The Balaban J connectivity index is 1.88. The molecule has 0 aliphatic carbocycles. The fraction of sp³-hybridized carbons (Fsp3) is 0.611. The second-order valence-electron chi connectivity index (χ2n) is 7.31. The standard InChI is InChI=1S/C18H27BrN2O2/c1-12-8-14(19)9-13(2)16(12)10-20-15-6-7-21(11-15)17(22)23-18(3,4)5/h8-9,15,20H,6-7,10-11H2,1-5H3. The van der Waals surface area contributed by atoms with E-state index >= 15 is 0 Å². The van der Waals surface area contributed by atoms with Crippen molar-refractivity contribution in [3.63, 3.8) is 0 Å². The number of hydrogen-bond acceptors (Lipinski definition) is 3. The molecule has 1 aliphatic rings. The van der Waals surface area contributed by atoms with Crippen LogP contribution >= 0.6 is 15.9 Å². The van der Waals surface area contributed by atoms with Crippen LogP contribution in [0, 0.1) is 13.8 Å². The fourth-order valence-corrected chi connectivity index (χ4v) is 3.57. The van der Waals surface area contributed by atoms with E-state index < -0.39 is 5.60 Å². The van der Waals surface area contributed by atoms with Crippen LogP contribution in [0.25, 0.3) is 0 Å². The van der Waals surface area contributed by atoms with E-state index in [1.54, 1.807) is 4.90 Å². The maximum absolute atomic E-state index is 12.1. The first-order valence-electron chi connectivity index (χ1n) is 8.12. The molecule has 2 rings (SSSR count). The Morgan fingerprint density at radius 3 is 2.52 bits per heavy atom. The number of hydrogen-bond donors (Lipinski definition) is 1. The van der Waals surface area contributed by atoms with Crippen molar-refractivity contribution in [2.24, 2.45) is 0 Å². The SMILES string of the molecule is Cc1cc(Br)cc(C)c1CNC1CCN(C(=O)OC(C)(C)C)C1. The molecule has 1 atom stereocenters. The molecule has 0 spiro atoms. The number of nitrogens with one attached hydrogen (secondary N) is 1. The topological polar surface area (TPSA) is 41.6 Å². The van der Waals surface area contributed by atoms with Gasteiger partial charge in [-0.25, -0.2) is 4.79 Å². The average Bonchev–Trinajstić information content (AvgIpc) is 2.84. The molecule has 5 heteroatoms. The van der Waals surface area contributed by atoms with Gasteiger partial charge < -0.3 is 15.0 Å². The summed E-state index contributed by atoms with van der Waals surface area (Å²) >= 11 is 3.53. The highest BCUT2D eigenvalue weighted by atomic mass is 79.9. The third-order valence-corrected chi connectivity index (χ3v) is 4.53. The van der Waals surface area contributed by atoms with Gasteiger partial charge in [-0.1, -0.05) is 15.9 Å². The highest BCUT2D eigenvalue weighted by Gasteiger charge is 2.29. The molecule has 0 saturated carbocycles. The number of likely N-dealkylation sites (tertiary alicyclic amines) is 1. The molecule has 1 heterocycles. The molecule has 1 fully saturated rings. The molecule has 1 aromatic carbocycles. The molecular weight excluding hydrogens is 356 g/mol. The number of rotatable bonds is 3. The lowest BCUT2D eigenvalue weighted by Gasteiger charge is -2.24. The second-order valence-corrected chi connectivity index (χ2v) is 8.23. The summed E-state index contributed by atoms with van der Waals surface area (Å²) in [4.78, 5) is 13.9. The van der Waals surface area contributed by atoms with Crippen molar-refractivity contribution in [2.75, 3.05) is 13.1 Å². The van der Waals surface area contributed by atoms with Gasteiger partial charge in [-0.05, 0) is 69.9 Å². The van der Waals surface area contributed by atoms with Crippen LogP contribution in [0.15, 0.2) is 16.6 Å². The summed E-state index contributed by atoms with van der Waals surface area (Å²) in [5.74, 6) is 0. The normalized spacial score (nSPS) is 18.3. The molecule has 1 unspecified atom stereocenters. The van der Waals surface area contributed by atoms with Gasteiger partial charge in [-0.3, -0.25) is 0 Å². The highest BCUT2D eigenvalue weighted by Crippen LogP contribution is 2.21. The van der Waals surface area contributed by atoms with Gasteiger partial charge in [0.15, 0.2) is 0 Å². The molecule has 0 bridgehead atoms. The number of benzene rings is 1. The third kappa shape index (κ3) is 5.21. The number of halogens is 1. The molecule has 0 radical (unpaired) electrons. The van der Waals surface area contributed by atoms with E-state index in [9.17, 15) is 4.79 Å². The maximum Gasteiger partial charge on any atom is 0.410 e. The van der Waals surface area contributed by atoms with Crippen molar-refractivity contribution in [1.29, 1.82) is 0 Å². The van der Waals surface area contributed by atoms with Crippen LogP contribution in [0.1, 0.15) is 43.9 Å². The average molecular weight is 383 g/mol.